The zero-order valence-electron chi connectivity index (χ0n) is 11.1. The van der Waals surface area contributed by atoms with E-state index in [1.807, 2.05) is 6.92 Å². The number of hydrogen-bond acceptors (Lipinski definition) is 2. The van der Waals surface area contributed by atoms with E-state index in [1.54, 1.807) is 11.3 Å². The number of allylic oxidation sites excluding steroid dienone is 3. The minimum Gasteiger partial charge on any atom is -0.242 e. The van der Waals surface area contributed by atoms with Crippen LogP contribution in [0.3, 0.4) is 0 Å². The van der Waals surface area contributed by atoms with E-state index < -0.39 is 0 Å². The van der Waals surface area contributed by atoms with E-state index in [9.17, 15) is 0 Å². The number of aryl methyl sites for hydroxylation is 1. The molecule has 0 unspecified atom stereocenters. The Kier molecular flexibility index (Phi) is 5.86. The number of hydrogen-bond donors (Lipinski definition) is 0. The van der Waals surface area contributed by atoms with E-state index in [-0.39, 0.29) is 0 Å². The van der Waals surface area contributed by atoms with Gasteiger partial charge in [-0.1, -0.05) is 25.5 Å². The lowest BCUT2D eigenvalue weighted by Crippen LogP contribution is -2.06. The zero-order chi connectivity index (χ0) is 13.0. The van der Waals surface area contributed by atoms with Crippen LogP contribution < -0.4 is 0 Å². The van der Waals surface area contributed by atoms with Crippen LogP contribution in [0.4, 0.5) is 0 Å². The van der Waals surface area contributed by atoms with Gasteiger partial charge in [0.05, 0.1) is 10.7 Å². The average Bonchev–Trinajstić information content (AvgIpc) is 2.61. The first-order chi connectivity index (χ1) is 7.90. The summed E-state index contributed by atoms with van der Waals surface area (Å²) in [7, 11) is 0. The van der Waals surface area contributed by atoms with E-state index in [0.29, 0.717) is 11.8 Å². The Labute approximate surface area is 122 Å². The molecule has 0 aromatic carbocycles. The maximum atomic E-state index is 4.48. The van der Waals surface area contributed by atoms with Crippen molar-refractivity contribution < 1.29 is 0 Å². The van der Waals surface area contributed by atoms with E-state index in [0.717, 1.165) is 10.7 Å². The van der Waals surface area contributed by atoms with Crippen LogP contribution in [0, 0.1) is 18.8 Å². The highest BCUT2D eigenvalue weighted by atomic mass is 127. The summed E-state index contributed by atoms with van der Waals surface area (Å²) < 4.78 is 1.36. The number of aromatic nitrogens is 1. The van der Waals surface area contributed by atoms with Gasteiger partial charge >= 0.3 is 0 Å². The topological polar surface area (TPSA) is 12.9 Å². The van der Waals surface area contributed by atoms with Crippen molar-refractivity contribution in [1.82, 2.24) is 4.98 Å². The van der Waals surface area contributed by atoms with Gasteiger partial charge in [-0.15, -0.1) is 11.3 Å². The molecule has 0 saturated heterocycles. The Morgan fingerprint density at radius 2 is 2.06 bits per heavy atom. The highest BCUT2D eigenvalue weighted by molar-refractivity contribution is 14.1. The number of nitrogens with zero attached hydrogens (tertiary/aromatic N) is 1. The van der Waals surface area contributed by atoms with Crippen LogP contribution >= 0.6 is 33.9 Å². The first-order valence-corrected chi connectivity index (χ1v) is 7.80. The summed E-state index contributed by atoms with van der Waals surface area (Å²) in [4.78, 5) is 4.48. The Morgan fingerprint density at radius 3 is 2.53 bits per heavy atom. The maximum absolute atomic E-state index is 4.48. The van der Waals surface area contributed by atoms with Crippen molar-refractivity contribution in [3.05, 3.63) is 31.3 Å². The van der Waals surface area contributed by atoms with E-state index in [2.05, 4.69) is 72.8 Å². The summed E-state index contributed by atoms with van der Waals surface area (Å²) in [6, 6.07) is 0. The predicted octanol–water partition coefficient (Wildman–Crippen LogP) is 5.47. The van der Waals surface area contributed by atoms with Gasteiger partial charge in [0.1, 0.15) is 0 Å². The van der Waals surface area contributed by atoms with Gasteiger partial charge in [0, 0.05) is 5.38 Å². The van der Waals surface area contributed by atoms with Crippen molar-refractivity contribution in [3.8, 4) is 0 Å². The van der Waals surface area contributed by atoms with Crippen molar-refractivity contribution in [2.24, 2.45) is 11.8 Å². The van der Waals surface area contributed by atoms with Crippen LogP contribution in [0.1, 0.15) is 38.4 Å². The van der Waals surface area contributed by atoms with Gasteiger partial charge in [0.15, 0.2) is 0 Å². The zero-order valence-corrected chi connectivity index (χ0v) is 14.1. The number of thiazole rings is 1. The first kappa shape index (κ1) is 14.9. The van der Waals surface area contributed by atoms with Gasteiger partial charge in [-0.25, -0.2) is 4.98 Å². The second-order valence-electron chi connectivity index (χ2n) is 4.58. The third-order valence-corrected chi connectivity index (χ3v) is 4.16. The molecule has 1 rings (SSSR count). The fourth-order valence-corrected chi connectivity index (χ4v) is 2.87. The Balaban J connectivity index is 2.78. The largest absolute Gasteiger partial charge is 0.242 e. The second kappa shape index (κ2) is 6.69. The van der Waals surface area contributed by atoms with Crippen LogP contribution in [0.5, 0.6) is 0 Å². The van der Waals surface area contributed by atoms with Crippen molar-refractivity contribution in [2.45, 2.75) is 34.6 Å². The van der Waals surface area contributed by atoms with E-state index >= 15 is 0 Å². The fraction of sp³-hybridized carbons (Fsp3) is 0.500. The van der Waals surface area contributed by atoms with Crippen LogP contribution in [0.25, 0.3) is 6.08 Å². The predicted molar refractivity (Wildman–Crippen MR) is 86.6 cm³/mol. The summed E-state index contributed by atoms with van der Waals surface area (Å²) >= 11 is 4.08. The monoisotopic (exact) mass is 361 g/mol. The molecule has 0 aliphatic rings. The fourth-order valence-electron chi connectivity index (χ4n) is 1.73. The molecule has 1 heterocycles. The van der Waals surface area contributed by atoms with Crippen LogP contribution in [-0.4, -0.2) is 4.98 Å². The lowest BCUT2D eigenvalue weighted by Gasteiger charge is -2.17. The molecule has 1 aromatic rings. The molecule has 94 valence electrons. The molecule has 0 aliphatic heterocycles. The van der Waals surface area contributed by atoms with Crippen LogP contribution in [-0.2, 0) is 0 Å². The summed E-state index contributed by atoms with van der Waals surface area (Å²) in [5, 5.41) is 3.25. The summed E-state index contributed by atoms with van der Waals surface area (Å²) in [6.07, 6.45) is 4.54. The van der Waals surface area contributed by atoms with Gasteiger partial charge < -0.3 is 0 Å². The smallest absolute Gasteiger partial charge is 0.0901 e. The Morgan fingerprint density at radius 1 is 1.41 bits per heavy atom. The SMILES string of the molecule is C/C(I)=C/[C@H](C)[C@H](C)/C(C)=C/c1csc(C)n1. The molecule has 0 spiro atoms. The Bertz CT molecular complexity index is 427. The van der Waals surface area contributed by atoms with Gasteiger partial charge in [-0.05, 0) is 64.9 Å². The average molecular weight is 361 g/mol. The summed E-state index contributed by atoms with van der Waals surface area (Å²) in [5.74, 6) is 1.13. The summed E-state index contributed by atoms with van der Waals surface area (Å²) in [6.45, 7) is 11.0. The van der Waals surface area contributed by atoms with Gasteiger partial charge in [0.25, 0.3) is 0 Å². The first-order valence-electron chi connectivity index (χ1n) is 5.84. The van der Waals surface area contributed by atoms with Gasteiger partial charge in [-0.2, -0.15) is 0 Å². The maximum Gasteiger partial charge on any atom is 0.0901 e. The molecule has 0 saturated carbocycles. The number of halogens is 1. The number of rotatable bonds is 4. The normalized spacial score (nSPS) is 17.1. The molecule has 0 N–H and O–H groups in total. The minimum atomic E-state index is 0.557. The van der Waals surface area contributed by atoms with Gasteiger partial charge in [0.2, 0.25) is 0 Å². The minimum absolute atomic E-state index is 0.557. The third-order valence-electron chi connectivity index (χ3n) is 3.01. The molecule has 0 bridgehead atoms. The Hall–Kier alpha value is -0.160. The van der Waals surface area contributed by atoms with E-state index in [4.69, 9.17) is 0 Å². The van der Waals surface area contributed by atoms with Crippen molar-refractivity contribution in [2.75, 3.05) is 0 Å². The van der Waals surface area contributed by atoms with Crippen molar-refractivity contribution in [1.29, 1.82) is 0 Å². The van der Waals surface area contributed by atoms with Gasteiger partial charge in [-0.3, -0.25) is 0 Å². The molecular weight excluding hydrogens is 341 g/mol. The van der Waals surface area contributed by atoms with Crippen LogP contribution in [0.15, 0.2) is 20.6 Å². The lowest BCUT2D eigenvalue weighted by atomic mass is 9.89. The highest BCUT2D eigenvalue weighted by Gasteiger charge is 2.12. The molecule has 0 radical (unpaired) electrons. The molecule has 17 heavy (non-hydrogen) atoms. The molecule has 2 atom stereocenters. The standard InChI is InChI=1S/C14H20INS/c1-9(6-11(3)15)12(4)10(2)7-14-8-17-13(5)16-14/h6-9,12H,1-5H3/b10-7+,11-6-/t9-,12-/m0/s1. The van der Waals surface area contributed by atoms with E-state index in [1.165, 1.54) is 9.15 Å². The molecule has 1 aromatic heterocycles. The summed E-state index contributed by atoms with van der Waals surface area (Å²) in [5.41, 5.74) is 2.50. The molecule has 1 nitrogen and oxygen atoms in total. The molecular formula is C14H20INS. The second-order valence-corrected chi connectivity index (χ2v) is 7.34. The lowest BCUT2D eigenvalue weighted by molar-refractivity contribution is 0.531. The third kappa shape index (κ3) is 4.92. The molecule has 3 heteroatoms. The quantitative estimate of drug-likeness (QED) is 0.649. The molecule has 0 amide bonds. The molecule has 0 fully saturated rings. The molecule has 0 aliphatic carbocycles. The van der Waals surface area contributed by atoms with Crippen LogP contribution in [0.2, 0.25) is 0 Å². The van der Waals surface area contributed by atoms with Crippen molar-refractivity contribution in [3.63, 3.8) is 0 Å². The highest BCUT2D eigenvalue weighted by Crippen LogP contribution is 2.25. The van der Waals surface area contributed by atoms with Crippen molar-refractivity contribution >= 4 is 40.0 Å².